The maximum absolute atomic E-state index is 11.3. The van der Waals surface area contributed by atoms with Crippen molar-refractivity contribution >= 4 is 17.6 Å². The Hall–Kier alpha value is -2.21. The van der Waals surface area contributed by atoms with E-state index in [9.17, 15) is 9.90 Å². The highest BCUT2D eigenvalue weighted by atomic mass is 35.5. The van der Waals surface area contributed by atoms with Crippen molar-refractivity contribution in [2.75, 3.05) is 13.7 Å². The molecule has 21 heavy (non-hydrogen) atoms. The number of methoxy groups -OCH3 is 1. The van der Waals surface area contributed by atoms with Crippen molar-refractivity contribution in [3.63, 3.8) is 0 Å². The number of carbonyl (C=O) groups is 1. The molecular formula is C14H15ClN2O4. The Morgan fingerprint density at radius 1 is 1.48 bits per heavy atom. The quantitative estimate of drug-likeness (QED) is 0.887. The molecule has 0 spiro atoms. The Labute approximate surface area is 126 Å². The van der Waals surface area contributed by atoms with E-state index in [1.54, 1.807) is 10.9 Å². The molecule has 0 bridgehead atoms. The Balaban J connectivity index is 2.18. The van der Waals surface area contributed by atoms with Gasteiger partial charge in [-0.2, -0.15) is 5.10 Å². The molecule has 0 aliphatic carbocycles. The van der Waals surface area contributed by atoms with Crippen molar-refractivity contribution < 1.29 is 19.4 Å². The first-order chi connectivity index (χ1) is 10.0. The number of benzene rings is 1. The molecule has 0 aliphatic heterocycles. The number of carboxylic acids is 1. The number of ether oxygens (including phenoxy) is 2. The molecule has 0 saturated heterocycles. The van der Waals surface area contributed by atoms with E-state index in [4.69, 9.17) is 21.1 Å². The fourth-order valence-electron chi connectivity index (χ4n) is 1.93. The van der Waals surface area contributed by atoms with Gasteiger partial charge in [-0.05, 0) is 12.1 Å². The number of nitrogens with zero attached hydrogens (tertiary/aromatic N) is 2. The summed E-state index contributed by atoms with van der Waals surface area (Å²) in [6, 6.07) is 4.74. The molecule has 2 aromatic rings. The van der Waals surface area contributed by atoms with Gasteiger partial charge >= 0.3 is 5.97 Å². The van der Waals surface area contributed by atoms with Gasteiger partial charge in [-0.1, -0.05) is 11.6 Å². The minimum Gasteiger partial charge on any atom is -0.493 e. The molecule has 0 amide bonds. The van der Waals surface area contributed by atoms with Crippen molar-refractivity contribution in [1.82, 2.24) is 9.78 Å². The maximum atomic E-state index is 11.3. The van der Waals surface area contributed by atoms with Crippen molar-refractivity contribution in [3.8, 4) is 11.5 Å². The number of hydrogen-bond acceptors (Lipinski definition) is 4. The maximum Gasteiger partial charge on any atom is 0.339 e. The Morgan fingerprint density at radius 2 is 2.24 bits per heavy atom. The molecule has 1 N–H and O–H groups in total. The highest BCUT2D eigenvalue weighted by Gasteiger charge is 2.18. The highest BCUT2D eigenvalue weighted by Crippen LogP contribution is 2.34. The van der Waals surface area contributed by atoms with E-state index in [1.807, 2.05) is 13.1 Å². The predicted octanol–water partition coefficient (Wildman–Crippen LogP) is 2.40. The molecule has 0 unspecified atom stereocenters. The van der Waals surface area contributed by atoms with E-state index in [1.165, 1.54) is 19.2 Å². The van der Waals surface area contributed by atoms with Gasteiger partial charge in [-0.15, -0.1) is 0 Å². The van der Waals surface area contributed by atoms with Crippen LogP contribution in [0.4, 0.5) is 0 Å². The lowest BCUT2D eigenvalue weighted by Crippen LogP contribution is -2.10. The molecule has 1 aromatic carbocycles. The molecule has 0 saturated carbocycles. The fourth-order valence-corrected chi connectivity index (χ4v) is 2.14. The van der Waals surface area contributed by atoms with Gasteiger partial charge in [0.05, 0.1) is 13.7 Å². The Bertz CT molecular complexity index is 654. The Kier molecular flexibility index (Phi) is 4.70. The summed E-state index contributed by atoms with van der Waals surface area (Å²) >= 11 is 5.87. The molecule has 1 heterocycles. The van der Waals surface area contributed by atoms with Gasteiger partial charge in [0.2, 0.25) is 0 Å². The first-order valence-electron chi connectivity index (χ1n) is 6.23. The van der Waals surface area contributed by atoms with Crippen molar-refractivity contribution in [2.24, 2.45) is 7.05 Å². The number of carboxylic acid groups (broad SMARTS) is 1. The molecule has 0 fully saturated rings. The Morgan fingerprint density at radius 3 is 2.81 bits per heavy atom. The van der Waals surface area contributed by atoms with Crippen molar-refractivity contribution in [3.05, 3.63) is 40.7 Å². The fraction of sp³-hybridized carbons (Fsp3) is 0.286. The van der Waals surface area contributed by atoms with E-state index in [-0.39, 0.29) is 16.3 Å². The number of halogens is 1. The first kappa shape index (κ1) is 15.2. The summed E-state index contributed by atoms with van der Waals surface area (Å²) in [7, 11) is 3.27. The lowest BCUT2D eigenvalue weighted by molar-refractivity contribution is 0.0691. The van der Waals surface area contributed by atoms with Gasteiger partial charge in [0.25, 0.3) is 0 Å². The molecule has 2 rings (SSSR count). The van der Waals surface area contributed by atoms with Gasteiger partial charge in [0.15, 0.2) is 11.5 Å². The zero-order valence-corrected chi connectivity index (χ0v) is 12.4. The highest BCUT2D eigenvalue weighted by molar-refractivity contribution is 6.31. The molecular weight excluding hydrogens is 296 g/mol. The van der Waals surface area contributed by atoms with Crippen LogP contribution in [0.3, 0.4) is 0 Å². The monoisotopic (exact) mass is 310 g/mol. The van der Waals surface area contributed by atoms with Crippen LogP contribution >= 0.6 is 11.6 Å². The number of aromatic carboxylic acids is 1. The summed E-state index contributed by atoms with van der Waals surface area (Å²) in [6.07, 6.45) is 2.29. The van der Waals surface area contributed by atoms with Crippen LogP contribution in [0.2, 0.25) is 5.02 Å². The van der Waals surface area contributed by atoms with Gasteiger partial charge in [-0.3, -0.25) is 4.68 Å². The second kappa shape index (κ2) is 6.49. The van der Waals surface area contributed by atoms with Gasteiger partial charge < -0.3 is 14.6 Å². The predicted molar refractivity (Wildman–Crippen MR) is 77.4 cm³/mol. The van der Waals surface area contributed by atoms with E-state index < -0.39 is 5.97 Å². The number of hydrogen-bond donors (Lipinski definition) is 1. The van der Waals surface area contributed by atoms with Crippen LogP contribution in [0, 0.1) is 0 Å². The van der Waals surface area contributed by atoms with Crippen LogP contribution in [0.15, 0.2) is 24.4 Å². The minimum atomic E-state index is -1.12. The third-order valence-corrected chi connectivity index (χ3v) is 3.22. The molecule has 0 radical (unpaired) electrons. The van der Waals surface area contributed by atoms with Crippen LogP contribution in [0.1, 0.15) is 16.1 Å². The van der Waals surface area contributed by atoms with Crippen LogP contribution in [-0.2, 0) is 13.5 Å². The summed E-state index contributed by atoms with van der Waals surface area (Å²) in [5, 5.41) is 13.6. The average molecular weight is 311 g/mol. The largest absolute Gasteiger partial charge is 0.493 e. The number of rotatable bonds is 6. The van der Waals surface area contributed by atoms with Gasteiger partial charge in [-0.25, -0.2) is 4.79 Å². The molecule has 112 valence electrons. The zero-order valence-electron chi connectivity index (χ0n) is 11.7. The lowest BCUT2D eigenvalue weighted by atomic mass is 10.2. The van der Waals surface area contributed by atoms with Gasteiger partial charge in [0.1, 0.15) is 5.56 Å². The van der Waals surface area contributed by atoms with Crippen LogP contribution in [0.5, 0.6) is 11.5 Å². The van der Waals surface area contributed by atoms with Crippen molar-refractivity contribution in [1.29, 1.82) is 0 Å². The SMILES string of the molecule is COc1cc(Cl)cc(C(=O)O)c1OCCc1ccnn1C. The normalized spacial score (nSPS) is 10.4. The van der Waals surface area contributed by atoms with Crippen molar-refractivity contribution in [2.45, 2.75) is 6.42 Å². The number of aromatic nitrogens is 2. The van der Waals surface area contributed by atoms with E-state index in [2.05, 4.69) is 5.10 Å². The summed E-state index contributed by atoms with van der Waals surface area (Å²) in [6.45, 7) is 0.303. The summed E-state index contributed by atoms with van der Waals surface area (Å²) in [5.74, 6) is -0.646. The average Bonchev–Trinajstić information content (AvgIpc) is 2.85. The van der Waals surface area contributed by atoms with Crippen LogP contribution in [-0.4, -0.2) is 34.6 Å². The van der Waals surface area contributed by atoms with Crippen LogP contribution in [0.25, 0.3) is 0 Å². The lowest BCUT2D eigenvalue weighted by Gasteiger charge is -2.13. The van der Waals surface area contributed by atoms with Gasteiger partial charge in [0, 0.05) is 36.4 Å². The van der Waals surface area contributed by atoms with E-state index in [0.717, 1.165) is 5.69 Å². The van der Waals surface area contributed by atoms with E-state index >= 15 is 0 Å². The molecule has 0 atom stereocenters. The molecule has 6 nitrogen and oxygen atoms in total. The van der Waals surface area contributed by atoms with Crippen LogP contribution < -0.4 is 9.47 Å². The summed E-state index contributed by atoms with van der Waals surface area (Å²) in [5.41, 5.74) is 0.962. The smallest absolute Gasteiger partial charge is 0.339 e. The molecule has 0 aliphatic rings. The zero-order chi connectivity index (χ0) is 15.4. The summed E-state index contributed by atoms with van der Waals surface area (Å²) < 4.78 is 12.5. The first-order valence-corrected chi connectivity index (χ1v) is 6.61. The topological polar surface area (TPSA) is 73.6 Å². The van der Waals surface area contributed by atoms with E-state index in [0.29, 0.717) is 18.8 Å². The third-order valence-electron chi connectivity index (χ3n) is 3.00. The molecule has 1 aromatic heterocycles. The third kappa shape index (κ3) is 3.46. The molecule has 7 heteroatoms. The number of aryl methyl sites for hydroxylation is 1. The second-order valence-electron chi connectivity index (χ2n) is 4.33. The minimum absolute atomic E-state index is 0.0237. The standard InChI is InChI=1S/C14H15ClN2O4/c1-17-10(3-5-16-17)4-6-21-13-11(14(18)19)7-9(15)8-12(13)20-2/h3,5,7-8H,4,6H2,1-2H3,(H,18,19). The second-order valence-corrected chi connectivity index (χ2v) is 4.77. The summed E-state index contributed by atoms with van der Waals surface area (Å²) in [4.78, 5) is 11.3.